The van der Waals surface area contributed by atoms with E-state index in [1.165, 1.54) is 16.2 Å². The van der Waals surface area contributed by atoms with Gasteiger partial charge in [-0.15, -0.1) is 11.3 Å². The monoisotopic (exact) mass is 290 g/mol. The van der Waals surface area contributed by atoms with E-state index in [0.29, 0.717) is 18.7 Å². The lowest BCUT2D eigenvalue weighted by Gasteiger charge is -2.13. The number of amides is 2. The molecule has 6 nitrogen and oxygen atoms in total. The highest BCUT2D eigenvalue weighted by Gasteiger charge is 2.29. The van der Waals surface area contributed by atoms with Crippen LogP contribution in [-0.4, -0.2) is 33.2 Å². The van der Waals surface area contributed by atoms with E-state index in [9.17, 15) is 9.59 Å². The average molecular weight is 290 g/mol. The smallest absolute Gasteiger partial charge is 0.230 e. The van der Waals surface area contributed by atoms with Gasteiger partial charge in [-0.3, -0.25) is 14.5 Å². The maximum atomic E-state index is 11.6. The molecule has 1 aliphatic heterocycles. The molecule has 0 aliphatic carbocycles. The zero-order valence-corrected chi connectivity index (χ0v) is 11.9. The third kappa shape index (κ3) is 2.24. The van der Waals surface area contributed by atoms with Crippen molar-refractivity contribution in [3.8, 4) is 0 Å². The van der Waals surface area contributed by atoms with Gasteiger partial charge in [0.1, 0.15) is 10.6 Å². The Bertz CT molecular complexity index is 666. The van der Waals surface area contributed by atoms with Gasteiger partial charge in [-0.05, 0) is 18.4 Å². The molecule has 0 bridgehead atoms. The van der Waals surface area contributed by atoms with Crippen LogP contribution in [0.4, 0.5) is 5.82 Å². The Balaban J connectivity index is 1.95. The Morgan fingerprint density at radius 3 is 2.75 bits per heavy atom. The van der Waals surface area contributed by atoms with Gasteiger partial charge >= 0.3 is 0 Å². The Morgan fingerprint density at radius 2 is 2.05 bits per heavy atom. The first-order valence-corrected chi connectivity index (χ1v) is 7.38. The molecule has 0 spiro atoms. The minimum atomic E-state index is -0.144. The van der Waals surface area contributed by atoms with Crippen LogP contribution in [0.25, 0.3) is 10.2 Å². The second-order valence-corrected chi connectivity index (χ2v) is 5.43. The highest BCUT2D eigenvalue weighted by molar-refractivity contribution is 7.16. The largest absolute Gasteiger partial charge is 0.370 e. The molecule has 1 fully saturated rings. The zero-order valence-electron chi connectivity index (χ0n) is 11.0. The minimum Gasteiger partial charge on any atom is -0.370 e. The zero-order chi connectivity index (χ0) is 14.1. The summed E-state index contributed by atoms with van der Waals surface area (Å²) in [5.41, 5.74) is 0. The molecule has 7 heteroatoms. The Kier molecular flexibility index (Phi) is 3.35. The van der Waals surface area contributed by atoms with E-state index in [1.807, 2.05) is 18.4 Å². The lowest BCUT2D eigenvalue weighted by Crippen LogP contribution is -2.29. The summed E-state index contributed by atoms with van der Waals surface area (Å²) in [6, 6.07) is 1.97. The fourth-order valence-corrected chi connectivity index (χ4v) is 3.00. The van der Waals surface area contributed by atoms with E-state index in [4.69, 9.17) is 0 Å². The maximum absolute atomic E-state index is 11.6. The van der Waals surface area contributed by atoms with Crippen LogP contribution >= 0.6 is 11.3 Å². The van der Waals surface area contributed by atoms with E-state index < -0.39 is 0 Å². The molecule has 2 amide bonds. The van der Waals surface area contributed by atoms with Gasteiger partial charge in [-0.25, -0.2) is 9.97 Å². The normalized spacial score (nSPS) is 15.3. The second-order valence-electron chi connectivity index (χ2n) is 4.53. The van der Waals surface area contributed by atoms with Crippen LogP contribution in [0.5, 0.6) is 0 Å². The van der Waals surface area contributed by atoms with Gasteiger partial charge in [-0.2, -0.15) is 0 Å². The molecule has 2 aromatic rings. The van der Waals surface area contributed by atoms with E-state index >= 15 is 0 Å². The SMILES string of the molecule is CCNc1nc(CN2C(=O)CCC2=O)nc2sccc12. The molecule has 0 saturated carbocycles. The summed E-state index contributed by atoms with van der Waals surface area (Å²) < 4.78 is 0. The number of imide groups is 1. The molecule has 0 unspecified atom stereocenters. The Labute approximate surface area is 119 Å². The highest BCUT2D eigenvalue weighted by atomic mass is 32.1. The molecule has 0 radical (unpaired) electrons. The molecule has 3 rings (SSSR count). The van der Waals surface area contributed by atoms with Crippen molar-refractivity contribution >= 4 is 39.2 Å². The van der Waals surface area contributed by atoms with E-state index in [1.54, 1.807) is 0 Å². The number of thiophene rings is 1. The van der Waals surface area contributed by atoms with Crippen molar-refractivity contribution in [1.29, 1.82) is 0 Å². The first-order valence-electron chi connectivity index (χ1n) is 6.50. The van der Waals surface area contributed by atoms with E-state index in [0.717, 1.165) is 22.6 Å². The quantitative estimate of drug-likeness (QED) is 0.869. The number of nitrogens with zero attached hydrogens (tertiary/aromatic N) is 3. The van der Waals surface area contributed by atoms with Gasteiger partial charge in [0.2, 0.25) is 11.8 Å². The Hall–Kier alpha value is -2.02. The number of likely N-dealkylation sites (tertiary alicyclic amines) is 1. The fourth-order valence-electron chi connectivity index (χ4n) is 2.21. The summed E-state index contributed by atoms with van der Waals surface area (Å²) in [5, 5.41) is 6.12. The van der Waals surface area contributed by atoms with Crippen LogP contribution in [0, 0.1) is 0 Å². The molecule has 1 aliphatic rings. The number of rotatable bonds is 4. The van der Waals surface area contributed by atoms with Gasteiger partial charge in [0, 0.05) is 19.4 Å². The van der Waals surface area contributed by atoms with E-state index in [2.05, 4.69) is 15.3 Å². The molecule has 2 aromatic heterocycles. The predicted molar refractivity (Wildman–Crippen MR) is 76.4 cm³/mol. The topological polar surface area (TPSA) is 75.2 Å². The van der Waals surface area contributed by atoms with Crippen LogP contribution in [0.1, 0.15) is 25.6 Å². The molecular weight excluding hydrogens is 276 g/mol. The number of nitrogens with one attached hydrogen (secondary N) is 1. The van der Waals surface area contributed by atoms with Crippen LogP contribution in [0.3, 0.4) is 0 Å². The second kappa shape index (κ2) is 5.16. The molecule has 3 heterocycles. The van der Waals surface area contributed by atoms with Crippen LogP contribution in [0.2, 0.25) is 0 Å². The lowest BCUT2D eigenvalue weighted by atomic mass is 10.3. The van der Waals surface area contributed by atoms with Gasteiger partial charge in [0.25, 0.3) is 0 Å². The molecule has 1 N–H and O–H groups in total. The van der Waals surface area contributed by atoms with Crippen molar-refractivity contribution in [2.45, 2.75) is 26.3 Å². The van der Waals surface area contributed by atoms with Gasteiger partial charge in [0.05, 0.1) is 11.9 Å². The maximum Gasteiger partial charge on any atom is 0.230 e. The number of fused-ring (bicyclic) bond motifs is 1. The number of carbonyl (C=O) groups excluding carboxylic acids is 2. The van der Waals surface area contributed by atoms with Crippen LogP contribution < -0.4 is 5.32 Å². The number of anilines is 1. The van der Waals surface area contributed by atoms with Gasteiger partial charge in [0.15, 0.2) is 5.82 Å². The number of carbonyl (C=O) groups is 2. The highest BCUT2D eigenvalue weighted by Crippen LogP contribution is 2.26. The standard InChI is InChI=1S/C13H14N4O2S/c1-2-14-12-8-5-6-20-13(8)16-9(15-12)7-17-10(18)3-4-11(17)19/h5-6H,2-4,7H2,1H3,(H,14,15,16). The molecular formula is C13H14N4O2S. The number of hydrogen-bond donors (Lipinski definition) is 1. The first kappa shape index (κ1) is 13.0. The van der Waals surface area contributed by atoms with Gasteiger partial charge < -0.3 is 5.32 Å². The van der Waals surface area contributed by atoms with Crippen LogP contribution in [-0.2, 0) is 16.1 Å². The molecule has 0 atom stereocenters. The summed E-state index contributed by atoms with van der Waals surface area (Å²) in [6.07, 6.45) is 0.584. The predicted octanol–water partition coefficient (Wildman–Crippen LogP) is 1.77. The van der Waals surface area contributed by atoms with Crippen molar-refractivity contribution in [2.24, 2.45) is 0 Å². The molecule has 20 heavy (non-hydrogen) atoms. The summed E-state index contributed by atoms with van der Waals surface area (Å²) in [6.45, 7) is 2.90. The molecule has 1 saturated heterocycles. The van der Waals surface area contributed by atoms with Crippen molar-refractivity contribution in [1.82, 2.24) is 14.9 Å². The summed E-state index contributed by atoms with van der Waals surface area (Å²) in [5.74, 6) is 0.970. The number of aromatic nitrogens is 2. The van der Waals surface area contributed by atoms with Gasteiger partial charge in [-0.1, -0.05) is 0 Å². The Morgan fingerprint density at radius 1 is 1.30 bits per heavy atom. The molecule has 104 valence electrons. The average Bonchev–Trinajstić information content (AvgIpc) is 3.01. The third-order valence-electron chi connectivity index (χ3n) is 3.17. The summed E-state index contributed by atoms with van der Waals surface area (Å²) >= 11 is 1.52. The van der Waals surface area contributed by atoms with Crippen molar-refractivity contribution in [3.63, 3.8) is 0 Å². The fraction of sp³-hybridized carbons (Fsp3) is 0.385. The molecule has 0 aromatic carbocycles. The van der Waals surface area contributed by atoms with E-state index in [-0.39, 0.29) is 18.4 Å². The van der Waals surface area contributed by atoms with Crippen molar-refractivity contribution in [3.05, 3.63) is 17.3 Å². The summed E-state index contributed by atoms with van der Waals surface area (Å²) in [4.78, 5) is 34.3. The lowest BCUT2D eigenvalue weighted by molar-refractivity contribution is -0.139. The minimum absolute atomic E-state index is 0.144. The summed E-state index contributed by atoms with van der Waals surface area (Å²) in [7, 11) is 0. The third-order valence-corrected chi connectivity index (χ3v) is 3.98. The van der Waals surface area contributed by atoms with Crippen molar-refractivity contribution < 1.29 is 9.59 Å². The van der Waals surface area contributed by atoms with Crippen molar-refractivity contribution in [2.75, 3.05) is 11.9 Å². The number of hydrogen-bond acceptors (Lipinski definition) is 6. The van der Waals surface area contributed by atoms with Crippen LogP contribution in [0.15, 0.2) is 11.4 Å². The first-order chi connectivity index (χ1) is 9.69.